The number of amides is 1. The molecule has 1 aromatic rings. The summed E-state index contributed by atoms with van der Waals surface area (Å²) in [6.07, 6.45) is -1.07. The van der Waals surface area contributed by atoms with Crippen molar-refractivity contribution in [3.63, 3.8) is 0 Å². The summed E-state index contributed by atoms with van der Waals surface area (Å²) in [7, 11) is 0. The summed E-state index contributed by atoms with van der Waals surface area (Å²) in [5.74, 6) is 0. The van der Waals surface area contributed by atoms with Gasteiger partial charge in [0.25, 0.3) is 0 Å². The van der Waals surface area contributed by atoms with Crippen molar-refractivity contribution in [2.45, 2.75) is 6.54 Å². The van der Waals surface area contributed by atoms with Gasteiger partial charge in [-0.25, -0.2) is 4.79 Å². The first-order valence-corrected chi connectivity index (χ1v) is 4.25. The Bertz CT molecular complexity index is 308. The van der Waals surface area contributed by atoms with Crippen molar-refractivity contribution in [1.82, 2.24) is 5.32 Å². The Kier molecular flexibility index (Phi) is 3.39. The van der Waals surface area contributed by atoms with Crippen LogP contribution in [0.3, 0.4) is 0 Å². The van der Waals surface area contributed by atoms with Crippen LogP contribution < -0.4 is 5.32 Å². The van der Waals surface area contributed by atoms with E-state index in [-0.39, 0.29) is 6.54 Å². The van der Waals surface area contributed by atoms with Crippen molar-refractivity contribution in [2.24, 2.45) is 0 Å². The summed E-state index contributed by atoms with van der Waals surface area (Å²) in [4.78, 5) is 10.2. The van der Waals surface area contributed by atoms with E-state index < -0.39 is 6.09 Å². The van der Waals surface area contributed by atoms with Gasteiger partial charge >= 0.3 is 6.09 Å². The maximum atomic E-state index is 10.2. The topological polar surface area (TPSA) is 49.3 Å². The lowest BCUT2D eigenvalue weighted by Gasteiger charge is -2.02. The van der Waals surface area contributed by atoms with E-state index in [9.17, 15) is 4.79 Å². The third-order valence-corrected chi connectivity index (χ3v) is 1.80. The number of carboxylic acid groups (broad SMARTS) is 1. The summed E-state index contributed by atoms with van der Waals surface area (Å²) in [6.45, 7) is 0.204. The molecule has 0 atom stereocenters. The molecule has 5 heteroatoms. The molecular formula is C8H7Cl2NO2. The molecular weight excluding hydrogens is 213 g/mol. The Labute approximate surface area is 85.3 Å². The summed E-state index contributed by atoms with van der Waals surface area (Å²) in [5, 5.41) is 11.5. The molecule has 0 aliphatic rings. The van der Waals surface area contributed by atoms with Gasteiger partial charge in [0.05, 0.1) is 0 Å². The molecule has 1 aromatic carbocycles. The SMILES string of the molecule is O=C(O)NCc1cc(Cl)cc(Cl)c1. The fourth-order valence-corrected chi connectivity index (χ4v) is 1.46. The Morgan fingerprint density at radius 3 is 2.31 bits per heavy atom. The Balaban J connectivity index is 2.71. The monoisotopic (exact) mass is 219 g/mol. The predicted molar refractivity (Wildman–Crippen MR) is 51.3 cm³/mol. The van der Waals surface area contributed by atoms with E-state index in [1.807, 2.05) is 0 Å². The largest absolute Gasteiger partial charge is 0.465 e. The number of halogens is 2. The van der Waals surface area contributed by atoms with Crippen LogP contribution in [0.5, 0.6) is 0 Å². The first-order chi connectivity index (χ1) is 6.08. The zero-order chi connectivity index (χ0) is 9.84. The Morgan fingerprint density at radius 2 is 1.85 bits per heavy atom. The number of benzene rings is 1. The number of nitrogens with one attached hydrogen (secondary N) is 1. The molecule has 3 nitrogen and oxygen atoms in total. The molecule has 13 heavy (non-hydrogen) atoms. The highest BCUT2D eigenvalue weighted by Gasteiger charge is 1.99. The lowest BCUT2D eigenvalue weighted by molar-refractivity contribution is 0.194. The van der Waals surface area contributed by atoms with Crippen LogP contribution in [-0.4, -0.2) is 11.2 Å². The molecule has 0 heterocycles. The number of rotatable bonds is 2. The highest BCUT2D eigenvalue weighted by atomic mass is 35.5. The molecule has 0 aliphatic heterocycles. The van der Waals surface area contributed by atoms with Gasteiger partial charge in [-0.2, -0.15) is 0 Å². The van der Waals surface area contributed by atoms with Crippen LogP contribution in [0.1, 0.15) is 5.56 Å². The predicted octanol–water partition coefficient (Wildman–Crippen LogP) is 2.76. The van der Waals surface area contributed by atoms with E-state index >= 15 is 0 Å². The summed E-state index contributed by atoms with van der Waals surface area (Å²) >= 11 is 11.4. The highest BCUT2D eigenvalue weighted by Crippen LogP contribution is 2.18. The molecule has 0 saturated carbocycles. The third kappa shape index (κ3) is 3.53. The van der Waals surface area contributed by atoms with Crippen molar-refractivity contribution in [3.05, 3.63) is 33.8 Å². The van der Waals surface area contributed by atoms with Gasteiger partial charge in [-0.1, -0.05) is 23.2 Å². The van der Waals surface area contributed by atoms with Crippen LogP contribution in [-0.2, 0) is 6.54 Å². The van der Waals surface area contributed by atoms with Gasteiger partial charge in [0.1, 0.15) is 0 Å². The number of hydrogen-bond acceptors (Lipinski definition) is 1. The van der Waals surface area contributed by atoms with Gasteiger partial charge in [0.15, 0.2) is 0 Å². The molecule has 0 aliphatic carbocycles. The van der Waals surface area contributed by atoms with Crippen LogP contribution >= 0.6 is 23.2 Å². The minimum atomic E-state index is -1.07. The molecule has 0 aromatic heterocycles. The first kappa shape index (κ1) is 10.2. The van der Waals surface area contributed by atoms with E-state index in [0.29, 0.717) is 10.0 Å². The van der Waals surface area contributed by atoms with Gasteiger partial charge in [0, 0.05) is 16.6 Å². The molecule has 0 bridgehead atoms. The lowest BCUT2D eigenvalue weighted by Crippen LogP contribution is -2.19. The zero-order valence-corrected chi connectivity index (χ0v) is 8.06. The Morgan fingerprint density at radius 1 is 1.31 bits per heavy atom. The molecule has 1 amide bonds. The second-order valence-electron chi connectivity index (χ2n) is 2.44. The van der Waals surface area contributed by atoms with E-state index in [0.717, 1.165) is 5.56 Å². The normalized spacial score (nSPS) is 9.69. The Hall–Kier alpha value is -0.930. The smallest absolute Gasteiger partial charge is 0.404 e. The molecule has 0 radical (unpaired) electrons. The van der Waals surface area contributed by atoms with Crippen LogP contribution in [0, 0.1) is 0 Å². The quantitative estimate of drug-likeness (QED) is 0.804. The van der Waals surface area contributed by atoms with Crippen LogP contribution in [0.4, 0.5) is 4.79 Å². The molecule has 2 N–H and O–H groups in total. The minimum absolute atomic E-state index is 0.204. The molecule has 0 saturated heterocycles. The van der Waals surface area contributed by atoms with Crippen molar-refractivity contribution in [3.8, 4) is 0 Å². The molecule has 0 fully saturated rings. The zero-order valence-electron chi connectivity index (χ0n) is 6.55. The molecule has 0 spiro atoms. The van der Waals surface area contributed by atoms with Crippen molar-refractivity contribution >= 4 is 29.3 Å². The fourth-order valence-electron chi connectivity index (χ4n) is 0.891. The minimum Gasteiger partial charge on any atom is -0.465 e. The number of hydrogen-bond donors (Lipinski definition) is 2. The van der Waals surface area contributed by atoms with Crippen molar-refractivity contribution in [1.29, 1.82) is 0 Å². The standard InChI is InChI=1S/C8H7Cl2NO2/c9-6-1-5(2-7(10)3-6)4-11-8(12)13/h1-3,11H,4H2,(H,12,13). The van der Waals surface area contributed by atoms with Crippen LogP contribution in [0.2, 0.25) is 10.0 Å². The van der Waals surface area contributed by atoms with Crippen molar-refractivity contribution in [2.75, 3.05) is 0 Å². The summed E-state index contributed by atoms with van der Waals surface area (Å²) in [5.41, 5.74) is 0.736. The van der Waals surface area contributed by atoms with Gasteiger partial charge in [-0.05, 0) is 23.8 Å². The molecule has 70 valence electrons. The van der Waals surface area contributed by atoms with E-state index in [1.54, 1.807) is 18.2 Å². The van der Waals surface area contributed by atoms with Crippen LogP contribution in [0.25, 0.3) is 0 Å². The maximum absolute atomic E-state index is 10.2. The summed E-state index contributed by atoms with van der Waals surface area (Å²) in [6, 6.07) is 4.90. The van der Waals surface area contributed by atoms with Gasteiger partial charge in [0.2, 0.25) is 0 Å². The van der Waals surface area contributed by atoms with Crippen LogP contribution in [0.15, 0.2) is 18.2 Å². The highest BCUT2D eigenvalue weighted by molar-refractivity contribution is 6.34. The van der Waals surface area contributed by atoms with Gasteiger partial charge in [-0.3, -0.25) is 0 Å². The van der Waals surface area contributed by atoms with E-state index in [2.05, 4.69) is 5.32 Å². The van der Waals surface area contributed by atoms with E-state index in [4.69, 9.17) is 28.3 Å². The lowest BCUT2D eigenvalue weighted by atomic mass is 10.2. The second kappa shape index (κ2) is 4.35. The van der Waals surface area contributed by atoms with Gasteiger partial charge < -0.3 is 10.4 Å². The summed E-state index contributed by atoms with van der Waals surface area (Å²) < 4.78 is 0. The molecule has 1 rings (SSSR count). The fraction of sp³-hybridized carbons (Fsp3) is 0.125. The van der Waals surface area contributed by atoms with Crippen molar-refractivity contribution < 1.29 is 9.90 Å². The second-order valence-corrected chi connectivity index (χ2v) is 3.31. The average Bonchev–Trinajstić information content (AvgIpc) is 1.99. The average molecular weight is 220 g/mol. The number of carbonyl (C=O) groups is 1. The molecule has 0 unspecified atom stereocenters. The maximum Gasteiger partial charge on any atom is 0.404 e. The first-order valence-electron chi connectivity index (χ1n) is 3.49. The van der Waals surface area contributed by atoms with Gasteiger partial charge in [-0.15, -0.1) is 0 Å². The third-order valence-electron chi connectivity index (χ3n) is 1.37. The van der Waals surface area contributed by atoms with E-state index in [1.165, 1.54) is 0 Å².